The number of carboxylic acid groups (broad SMARTS) is 1. The van der Waals surface area contributed by atoms with Gasteiger partial charge in [-0.05, 0) is 56.3 Å². The van der Waals surface area contributed by atoms with Crippen molar-refractivity contribution in [3.63, 3.8) is 0 Å². The van der Waals surface area contributed by atoms with Crippen molar-refractivity contribution >= 4 is 27.5 Å². The van der Waals surface area contributed by atoms with Gasteiger partial charge in [-0.15, -0.1) is 0 Å². The molecule has 0 amide bonds. The molecule has 0 radical (unpaired) electrons. The van der Waals surface area contributed by atoms with Crippen molar-refractivity contribution in [2.75, 3.05) is 0 Å². The second-order valence-electron chi connectivity index (χ2n) is 7.86. The molecule has 2 heteroatoms. The molecular weight excluding hydrogens is 380 g/mol. The molecule has 0 bridgehead atoms. The Morgan fingerprint density at radius 2 is 1.10 bits per heavy atom. The summed E-state index contributed by atoms with van der Waals surface area (Å²) in [6, 6.07) is 35.1. The third kappa shape index (κ3) is 3.17. The van der Waals surface area contributed by atoms with E-state index in [-0.39, 0.29) is 0 Å². The minimum atomic E-state index is -0.819. The monoisotopic (exact) mass is 402 g/mol. The summed E-state index contributed by atoms with van der Waals surface area (Å²) in [5, 5.41) is 14.2. The first-order chi connectivity index (χ1) is 15.2. The molecule has 5 aromatic rings. The zero-order valence-corrected chi connectivity index (χ0v) is 17.2. The molecule has 1 N–H and O–H groups in total. The van der Waals surface area contributed by atoms with E-state index in [4.69, 9.17) is 0 Å². The molecule has 0 saturated heterocycles. The van der Waals surface area contributed by atoms with Crippen LogP contribution >= 0.6 is 0 Å². The number of aliphatic carboxylic acids is 1. The van der Waals surface area contributed by atoms with Crippen molar-refractivity contribution in [1.82, 2.24) is 0 Å². The van der Waals surface area contributed by atoms with Crippen molar-refractivity contribution in [3.05, 3.63) is 109 Å². The predicted octanol–water partition coefficient (Wildman–Crippen LogP) is 7.52. The maximum absolute atomic E-state index is 12.0. The van der Waals surface area contributed by atoms with Gasteiger partial charge in [0.15, 0.2) is 0 Å². The van der Waals surface area contributed by atoms with Crippen molar-refractivity contribution in [2.45, 2.75) is 12.8 Å². The average Bonchev–Trinajstić information content (AvgIpc) is 2.82. The number of carboxylic acids is 1. The fourth-order valence-electron chi connectivity index (χ4n) is 4.57. The summed E-state index contributed by atoms with van der Waals surface area (Å²) >= 11 is 0. The van der Waals surface area contributed by atoms with E-state index in [1.54, 1.807) is 6.92 Å². The lowest BCUT2D eigenvalue weighted by atomic mass is 9.82. The summed E-state index contributed by atoms with van der Waals surface area (Å²) in [5.74, 6) is -1.43. The standard InChI is InChI=1S/C29H22O2/c1-19(29(30)31)22-17-10-18-25-26(20-11-4-2-5-12-20)23-15-8-9-16-24(23)27(28(22)25)21-13-6-3-7-14-21/h2-19H,1H3,(H,30,31). The number of rotatable bonds is 4. The fraction of sp³-hybridized carbons (Fsp3) is 0.0690. The molecule has 31 heavy (non-hydrogen) atoms. The van der Waals surface area contributed by atoms with Crippen LogP contribution in [0.25, 0.3) is 43.8 Å². The van der Waals surface area contributed by atoms with E-state index in [0.717, 1.165) is 44.0 Å². The molecule has 5 rings (SSSR count). The highest BCUT2D eigenvalue weighted by Gasteiger charge is 2.23. The van der Waals surface area contributed by atoms with E-state index in [1.165, 1.54) is 5.39 Å². The van der Waals surface area contributed by atoms with Crippen LogP contribution in [-0.4, -0.2) is 11.1 Å². The summed E-state index contributed by atoms with van der Waals surface area (Å²) in [6.45, 7) is 1.77. The summed E-state index contributed by atoms with van der Waals surface area (Å²) in [4.78, 5) is 12.0. The molecule has 0 aliphatic heterocycles. The third-order valence-electron chi connectivity index (χ3n) is 6.04. The largest absolute Gasteiger partial charge is 0.481 e. The van der Waals surface area contributed by atoms with Gasteiger partial charge in [0.25, 0.3) is 0 Å². The fourth-order valence-corrected chi connectivity index (χ4v) is 4.57. The zero-order valence-electron chi connectivity index (χ0n) is 17.2. The molecule has 5 aromatic carbocycles. The number of hydrogen-bond donors (Lipinski definition) is 1. The van der Waals surface area contributed by atoms with Gasteiger partial charge in [-0.1, -0.05) is 103 Å². The second kappa shape index (κ2) is 7.73. The zero-order chi connectivity index (χ0) is 21.4. The molecule has 0 aromatic heterocycles. The van der Waals surface area contributed by atoms with Crippen LogP contribution in [-0.2, 0) is 4.79 Å². The molecule has 0 fully saturated rings. The molecule has 0 aliphatic rings. The maximum Gasteiger partial charge on any atom is 0.310 e. The highest BCUT2D eigenvalue weighted by Crippen LogP contribution is 2.45. The van der Waals surface area contributed by atoms with Gasteiger partial charge in [-0.3, -0.25) is 4.79 Å². The van der Waals surface area contributed by atoms with Crippen LogP contribution in [0.15, 0.2) is 103 Å². The van der Waals surface area contributed by atoms with E-state index in [9.17, 15) is 9.90 Å². The van der Waals surface area contributed by atoms with Crippen molar-refractivity contribution in [2.24, 2.45) is 0 Å². The third-order valence-corrected chi connectivity index (χ3v) is 6.04. The summed E-state index contributed by atoms with van der Waals surface area (Å²) in [7, 11) is 0. The number of hydrogen-bond acceptors (Lipinski definition) is 1. The average molecular weight is 402 g/mol. The number of fused-ring (bicyclic) bond motifs is 2. The van der Waals surface area contributed by atoms with Crippen LogP contribution < -0.4 is 0 Å². The van der Waals surface area contributed by atoms with E-state index < -0.39 is 11.9 Å². The maximum atomic E-state index is 12.0. The van der Waals surface area contributed by atoms with E-state index in [1.807, 2.05) is 48.5 Å². The molecule has 0 saturated carbocycles. The highest BCUT2D eigenvalue weighted by atomic mass is 16.4. The molecule has 1 atom stereocenters. The molecule has 0 aliphatic carbocycles. The van der Waals surface area contributed by atoms with Crippen LogP contribution in [0.1, 0.15) is 18.4 Å². The van der Waals surface area contributed by atoms with Crippen LogP contribution in [0.3, 0.4) is 0 Å². The predicted molar refractivity (Wildman–Crippen MR) is 128 cm³/mol. The van der Waals surface area contributed by atoms with Crippen LogP contribution in [0.2, 0.25) is 0 Å². The number of benzene rings is 5. The van der Waals surface area contributed by atoms with Crippen molar-refractivity contribution < 1.29 is 9.90 Å². The van der Waals surface area contributed by atoms with Crippen LogP contribution in [0, 0.1) is 0 Å². The topological polar surface area (TPSA) is 37.3 Å². The van der Waals surface area contributed by atoms with E-state index >= 15 is 0 Å². The first-order valence-corrected chi connectivity index (χ1v) is 10.5. The Morgan fingerprint density at radius 3 is 1.68 bits per heavy atom. The molecular formula is C29H22O2. The first-order valence-electron chi connectivity index (χ1n) is 10.5. The molecule has 1 unspecified atom stereocenters. The van der Waals surface area contributed by atoms with Gasteiger partial charge in [-0.25, -0.2) is 0 Å². The quantitative estimate of drug-likeness (QED) is 0.316. The van der Waals surface area contributed by atoms with Gasteiger partial charge in [0.1, 0.15) is 0 Å². The Kier molecular flexibility index (Phi) is 4.76. The lowest BCUT2D eigenvalue weighted by Crippen LogP contribution is -2.08. The minimum Gasteiger partial charge on any atom is -0.481 e. The minimum absolute atomic E-state index is 0.615. The molecule has 0 spiro atoms. The molecule has 150 valence electrons. The van der Waals surface area contributed by atoms with Gasteiger partial charge >= 0.3 is 5.97 Å². The smallest absolute Gasteiger partial charge is 0.310 e. The Labute approximate surface area is 181 Å². The van der Waals surface area contributed by atoms with E-state index in [0.29, 0.717) is 0 Å². The van der Waals surface area contributed by atoms with Crippen LogP contribution in [0.5, 0.6) is 0 Å². The van der Waals surface area contributed by atoms with Crippen molar-refractivity contribution in [1.29, 1.82) is 0 Å². The highest BCUT2D eigenvalue weighted by molar-refractivity contribution is 6.22. The van der Waals surface area contributed by atoms with Crippen molar-refractivity contribution in [3.8, 4) is 22.3 Å². The summed E-state index contributed by atoms with van der Waals surface area (Å²) in [5.41, 5.74) is 5.29. The Hall–Kier alpha value is -3.91. The van der Waals surface area contributed by atoms with E-state index in [2.05, 4.69) is 54.6 Å². The summed E-state index contributed by atoms with van der Waals surface area (Å²) < 4.78 is 0. The van der Waals surface area contributed by atoms with Gasteiger partial charge in [0.05, 0.1) is 5.92 Å². The number of carbonyl (C=O) groups is 1. The molecule has 0 heterocycles. The van der Waals surface area contributed by atoms with Crippen LogP contribution in [0.4, 0.5) is 0 Å². The lowest BCUT2D eigenvalue weighted by molar-refractivity contribution is -0.138. The SMILES string of the molecule is CC(C(=O)O)c1cccc2c(-c3ccccc3)c3ccccc3c(-c3ccccc3)c12. The van der Waals surface area contributed by atoms with Gasteiger partial charge in [0.2, 0.25) is 0 Å². The Bertz CT molecular complexity index is 1400. The van der Waals surface area contributed by atoms with Gasteiger partial charge in [-0.2, -0.15) is 0 Å². The lowest BCUT2D eigenvalue weighted by Gasteiger charge is -2.21. The van der Waals surface area contributed by atoms with Gasteiger partial charge in [0, 0.05) is 0 Å². The second-order valence-corrected chi connectivity index (χ2v) is 7.86. The summed E-state index contributed by atoms with van der Waals surface area (Å²) in [6.07, 6.45) is 0. The Morgan fingerprint density at radius 1 is 0.613 bits per heavy atom. The normalized spacial score (nSPS) is 12.2. The Balaban J connectivity index is 2.05. The first kappa shape index (κ1) is 19.1. The van der Waals surface area contributed by atoms with Gasteiger partial charge < -0.3 is 5.11 Å². The molecule has 2 nitrogen and oxygen atoms in total.